The van der Waals surface area contributed by atoms with Gasteiger partial charge in [-0.3, -0.25) is 4.79 Å². The van der Waals surface area contributed by atoms with Crippen LogP contribution in [0, 0.1) is 0 Å². The van der Waals surface area contributed by atoms with E-state index in [0.717, 1.165) is 0 Å². The number of para-hydroxylation sites is 1. The lowest BCUT2D eigenvalue weighted by molar-refractivity contribution is -0.336. The first-order valence-corrected chi connectivity index (χ1v) is 9.23. The number of hydrogen-bond acceptors (Lipinski definition) is 7. The first-order chi connectivity index (χ1) is 13.5. The SMILES string of the molecule is CC(=O)N[C@@H]1[C@@H](Oc2ccccc2Cl)O[C@@H]2CO[C@H](c3ccco3)O[C@@H]2[C@H]1O. The molecule has 28 heavy (non-hydrogen) atoms. The van der Waals surface area contributed by atoms with E-state index in [1.807, 2.05) is 0 Å². The first-order valence-electron chi connectivity index (χ1n) is 8.85. The molecule has 3 heterocycles. The van der Waals surface area contributed by atoms with Crippen LogP contribution >= 0.6 is 11.6 Å². The molecule has 0 spiro atoms. The Kier molecular flexibility index (Phi) is 5.56. The van der Waals surface area contributed by atoms with E-state index in [1.54, 1.807) is 36.4 Å². The third-order valence-corrected chi connectivity index (χ3v) is 4.90. The number of rotatable bonds is 4. The van der Waals surface area contributed by atoms with E-state index in [2.05, 4.69) is 5.32 Å². The summed E-state index contributed by atoms with van der Waals surface area (Å²) in [5, 5.41) is 14.0. The smallest absolute Gasteiger partial charge is 0.223 e. The third kappa shape index (κ3) is 3.87. The number of furan rings is 1. The third-order valence-electron chi connectivity index (χ3n) is 4.59. The number of carbonyl (C=O) groups excluding carboxylic acids is 1. The molecule has 1 aromatic heterocycles. The van der Waals surface area contributed by atoms with Crippen LogP contribution in [-0.2, 0) is 19.0 Å². The number of fused-ring (bicyclic) bond motifs is 1. The van der Waals surface area contributed by atoms with Crippen molar-refractivity contribution in [3.63, 3.8) is 0 Å². The summed E-state index contributed by atoms with van der Waals surface area (Å²) < 4.78 is 28.6. The Bertz CT molecular complexity index is 814. The second-order valence-electron chi connectivity index (χ2n) is 6.59. The van der Waals surface area contributed by atoms with Gasteiger partial charge in [0.15, 0.2) is 5.76 Å². The zero-order valence-electron chi connectivity index (χ0n) is 15.0. The second kappa shape index (κ2) is 8.10. The molecule has 9 heteroatoms. The normalized spacial score (nSPS) is 32.4. The highest BCUT2D eigenvalue weighted by Gasteiger charge is 2.51. The molecule has 0 saturated carbocycles. The predicted octanol–water partition coefficient (Wildman–Crippen LogP) is 2.02. The quantitative estimate of drug-likeness (QED) is 0.796. The average Bonchev–Trinajstić information content (AvgIpc) is 3.21. The lowest BCUT2D eigenvalue weighted by Crippen LogP contribution is -2.67. The molecular formula is C19H20ClNO7. The minimum atomic E-state index is -1.10. The van der Waals surface area contributed by atoms with Crippen LogP contribution in [0.4, 0.5) is 0 Å². The van der Waals surface area contributed by atoms with Crippen LogP contribution < -0.4 is 10.1 Å². The number of aliphatic hydroxyl groups is 1. The first kappa shape index (κ1) is 19.2. The topological polar surface area (TPSA) is 99.4 Å². The molecule has 6 atom stereocenters. The summed E-state index contributed by atoms with van der Waals surface area (Å²) in [6.07, 6.45) is -2.68. The van der Waals surface area contributed by atoms with Crippen LogP contribution in [0.1, 0.15) is 19.0 Å². The van der Waals surface area contributed by atoms with Crippen LogP contribution in [0.25, 0.3) is 0 Å². The number of benzene rings is 1. The van der Waals surface area contributed by atoms with E-state index in [1.165, 1.54) is 13.2 Å². The number of halogens is 1. The van der Waals surface area contributed by atoms with E-state index in [0.29, 0.717) is 16.5 Å². The van der Waals surface area contributed by atoms with Gasteiger partial charge in [0.25, 0.3) is 0 Å². The Hall–Kier alpha value is -2.10. The van der Waals surface area contributed by atoms with E-state index >= 15 is 0 Å². The van der Waals surface area contributed by atoms with Gasteiger partial charge in [0.1, 0.15) is 30.1 Å². The van der Waals surface area contributed by atoms with Gasteiger partial charge < -0.3 is 33.8 Å². The molecule has 1 amide bonds. The van der Waals surface area contributed by atoms with Gasteiger partial charge in [0, 0.05) is 6.92 Å². The van der Waals surface area contributed by atoms with Crippen molar-refractivity contribution in [3.05, 3.63) is 53.4 Å². The monoisotopic (exact) mass is 409 g/mol. The molecule has 0 unspecified atom stereocenters. The fourth-order valence-electron chi connectivity index (χ4n) is 3.32. The van der Waals surface area contributed by atoms with Crippen LogP contribution in [0.2, 0.25) is 5.02 Å². The Morgan fingerprint density at radius 2 is 2.07 bits per heavy atom. The highest BCUT2D eigenvalue weighted by molar-refractivity contribution is 6.32. The van der Waals surface area contributed by atoms with Crippen molar-refractivity contribution < 1.29 is 33.3 Å². The maximum atomic E-state index is 11.7. The molecule has 0 aliphatic carbocycles. The minimum Gasteiger partial charge on any atom is -0.464 e. The summed E-state index contributed by atoms with van der Waals surface area (Å²) >= 11 is 6.16. The Morgan fingerprint density at radius 3 is 2.79 bits per heavy atom. The highest BCUT2D eigenvalue weighted by Crippen LogP contribution is 2.35. The fraction of sp³-hybridized carbons (Fsp3) is 0.421. The van der Waals surface area contributed by atoms with Crippen molar-refractivity contribution in [2.24, 2.45) is 0 Å². The van der Waals surface area contributed by atoms with Crippen molar-refractivity contribution in [1.82, 2.24) is 5.32 Å². The van der Waals surface area contributed by atoms with Crippen molar-refractivity contribution in [2.75, 3.05) is 6.61 Å². The van der Waals surface area contributed by atoms with Crippen LogP contribution in [0.5, 0.6) is 5.75 Å². The molecule has 2 aromatic rings. The molecule has 2 fully saturated rings. The highest BCUT2D eigenvalue weighted by atomic mass is 35.5. The van der Waals surface area contributed by atoms with Gasteiger partial charge >= 0.3 is 0 Å². The summed E-state index contributed by atoms with van der Waals surface area (Å²) in [5.41, 5.74) is 0. The van der Waals surface area contributed by atoms with Gasteiger partial charge in [0.05, 0.1) is 17.9 Å². The van der Waals surface area contributed by atoms with E-state index in [4.69, 9.17) is 35.0 Å². The largest absolute Gasteiger partial charge is 0.464 e. The molecule has 0 radical (unpaired) electrons. The number of ether oxygens (including phenoxy) is 4. The van der Waals surface area contributed by atoms with Gasteiger partial charge in [-0.1, -0.05) is 23.7 Å². The lowest BCUT2D eigenvalue weighted by Gasteiger charge is -2.47. The summed E-state index contributed by atoms with van der Waals surface area (Å²) in [4.78, 5) is 11.7. The van der Waals surface area contributed by atoms with Crippen molar-refractivity contribution >= 4 is 17.5 Å². The summed E-state index contributed by atoms with van der Waals surface area (Å²) in [5.74, 6) is 0.519. The molecule has 2 saturated heterocycles. The molecule has 1 aromatic carbocycles. The van der Waals surface area contributed by atoms with E-state index < -0.39 is 36.9 Å². The maximum absolute atomic E-state index is 11.7. The maximum Gasteiger partial charge on any atom is 0.223 e. The van der Waals surface area contributed by atoms with Gasteiger partial charge in [-0.05, 0) is 24.3 Å². The molecule has 0 bridgehead atoms. The van der Waals surface area contributed by atoms with E-state index in [9.17, 15) is 9.90 Å². The average molecular weight is 410 g/mol. The van der Waals surface area contributed by atoms with Crippen LogP contribution in [-0.4, -0.2) is 48.3 Å². The second-order valence-corrected chi connectivity index (χ2v) is 7.00. The van der Waals surface area contributed by atoms with Crippen molar-refractivity contribution in [2.45, 2.75) is 43.9 Å². The zero-order chi connectivity index (χ0) is 19.7. The van der Waals surface area contributed by atoms with Crippen LogP contribution in [0.3, 0.4) is 0 Å². The molecule has 2 N–H and O–H groups in total. The minimum absolute atomic E-state index is 0.155. The summed E-state index contributed by atoms with van der Waals surface area (Å²) in [6.45, 7) is 1.50. The Balaban J connectivity index is 1.55. The summed E-state index contributed by atoms with van der Waals surface area (Å²) in [7, 11) is 0. The van der Waals surface area contributed by atoms with Gasteiger partial charge in [-0.25, -0.2) is 0 Å². The lowest BCUT2D eigenvalue weighted by atomic mass is 9.96. The van der Waals surface area contributed by atoms with Gasteiger partial charge in [-0.15, -0.1) is 0 Å². The van der Waals surface area contributed by atoms with Crippen LogP contribution in [0.15, 0.2) is 47.1 Å². The molecular weight excluding hydrogens is 390 g/mol. The standard InChI is InChI=1S/C19H20ClNO7/c1-10(22)21-15-16(23)17-14(9-25-18(28-17)13-7-4-8-24-13)27-19(15)26-12-6-3-2-5-11(12)20/h2-8,14-19,23H,9H2,1H3,(H,21,22)/t14-,15+,16+,17+,18+,19+/m1/s1. The zero-order valence-corrected chi connectivity index (χ0v) is 15.7. The molecule has 150 valence electrons. The Labute approximate surface area is 166 Å². The van der Waals surface area contributed by atoms with Crippen molar-refractivity contribution in [3.8, 4) is 5.75 Å². The molecule has 2 aliphatic heterocycles. The fourth-order valence-corrected chi connectivity index (χ4v) is 3.50. The number of hydrogen-bond donors (Lipinski definition) is 2. The summed E-state index contributed by atoms with van der Waals surface area (Å²) in [6, 6.07) is 9.45. The Morgan fingerprint density at radius 1 is 1.25 bits per heavy atom. The van der Waals surface area contributed by atoms with Gasteiger partial charge in [0.2, 0.25) is 18.5 Å². The molecule has 2 aliphatic rings. The molecule has 8 nitrogen and oxygen atoms in total. The molecule has 4 rings (SSSR count). The number of aliphatic hydroxyl groups excluding tert-OH is 1. The predicted molar refractivity (Wildman–Crippen MR) is 96.6 cm³/mol. The van der Waals surface area contributed by atoms with E-state index in [-0.39, 0.29) is 12.5 Å². The number of amides is 1. The van der Waals surface area contributed by atoms with Crippen molar-refractivity contribution in [1.29, 1.82) is 0 Å². The number of nitrogens with one attached hydrogen (secondary N) is 1. The number of carbonyl (C=O) groups is 1. The van der Waals surface area contributed by atoms with Gasteiger partial charge in [-0.2, -0.15) is 0 Å².